The summed E-state index contributed by atoms with van der Waals surface area (Å²) in [5.41, 5.74) is 2.66. The van der Waals surface area contributed by atoms with Crippen molar-refractivity contribution in [3.63, 3.8) is 0 Å². The Morgan fingerprint density at radius 3 is 2.11 bits per heavy atom. The first-order valence-corrected chi connectivity index (χ1v) is 7.51. The molecule has 2 N–H and O–H groups in total. The quantitative estimate of drug-likeness (QED) is 0.747. The van der Waals surface area contributed by atoms with Gasteiger partial charge in [-0.2, -0.15) is 0 Å². The summed E-state index contributed by atoms with van der Waals surface area (Å²) in [7, 11) is 0. The molecule has 1 aromatic rings. The zero-order valence-corrected chi connectivity index (χ0v) is 12.9. The Morgan fingerprint density at radius 1 is 1.11 bits per heavy atom. The number of rotatable bonds is 8. The Hall–Kier alpha value is -0.860. The number of aryl methyl sites for hydroxylation is 1. The highest BCUT2D eigenvalue weighted by molar-refractivity contribution is 5.24. The zero-order chi connectivity index (χ0) is 14.3. The highest BCUT2D eigenvalue weighted by Gasteiger charge is 2.26. The van der Waals surface area contributed by atoms with E-state index in [1.54, 1.807) is 0 Å². The van der Waals surface area contributed by atoms with E-state index in [0.29, 0.717) is 6.04 Å². The molecule has 108 valence electrons. The molecule has 0 amide bonds. The van der Waals surface area contributed by atoms with Gasteiger partial charge < -0.3 is 10.4 Å². The van der Waals surface area contributed by atoms with Crippen LogP contribution in [0.15, 0.2) is 24.3 Å². The van der Waals surface area contributed by atoms with E-state index in [9.17, 15) is 5.11 Å². The Bertz CT molecular complexity index is 346. The third-order valence-electron chi connectivity index (χ3n) is 4.45. The second kappa shape index (κ2) is 7.66. The summed E-state index contributed by atoms with van der Waals surface area (Å²) >= 11 is 0. The molecule has 0 saturated heterocycles. The lowest BCUT2D eigenvalue weighted by molar-refractivity contribution is 0.109. The first-order chi connectivity index (χ1) is 9.10. The van der Waals surface area contributed by atoms with E-state index in [-0.39, 0.29) is 12.0 Å². The normalized spacial score (nSPS) is 13.5. The van der Waals surface area contributed by atoms with Gasteiger partial charge in [0.05, 0.1) is 0 Å². The van der Waals surface area contributed by atoms with E-state index in [1.165, 1.54) is 11.1 Å². The summed E-state index contributed by atoms with van der Waals surface area (Å²) in [6.45, 7) is 9.78. The predicted octanol–water partition coefficient (Wildman–Crippen LogP) is 3.83. The van der Waals surface area contributed by atoms with Gasteiger partial charge in [-0.1, -0.05) is 50.6 Å². The predicted molar refractivity (Wildman–Crippen MR) is 82.3 cm³/mol. The summed E-state index contributed by atoms with van der Waals surface area (Å²) in [6, 6.07) is 9.12. The number of aliphatic hydroxyl groups excluding tert-OH is 1. The largest absolute Gasteiger partial charge is 0.396 e. The SMILES string of the molecule is CCC(NCC(CC)(CC)CO)c1ccc(C)cc1. The maximum absolute atomic E-state index is 9.63. The maximum Gasteiger partial charge on any atom is 0.0499 e. The fourth-order valence-corrected chi connectivity index (χ4v) is 2.42. The molecule has 0 aliphatic rings. The van der Waals surface area contributed by atoms with Crippen LogP contribution in [0.2, 0.25) is 0 Å². The third kappa shape index (κ3) is 4.32. The molecule has 0 aliphatic carbocycles. The van der Waals surface area contributed by atoms with Crippen molar-refractivity contribution in [2.45, 2.75) is 53.0 Å². The second-order valence-electron chi connectivity index (χ2n) is 5.62. The molecule has 1 aromatic carbocycles. The smallest absolute Gasteiger partial charge is 0.0499 e. The zero-order valence-electron chi connectivity index (χ0n) is 12.9. The van der Waals surface area contributed by atoms with Crippen molar-refractivity contribution >= 4 is 0 Å². The van der Waals surface area contributed by atoms with Gasteiger partial charge in [0.1, 0.15) is 0 Å². The molecular formula is C17H29NO. The van der Waals surface area contributed by atoms with Gasteiger partial charge in [0.2, 0.25) is 0 Å². The first kappa shape index (κ1) is 16.2. The van der Waals surface area contributed by atoms with E-state index >= 15 is 0 Å². The van der Waals surface area contributed by atoms with Crippen LogP contribution in [0.4, 0.5) is 0 Å². The fourth-order valence-electron chi connectivity index (χ4n) is 2.42. The maximum atomic E-state index is 9.63. The van der Waals surface area contributed by atoms with Gasteiger partial charge in [-0.3, -0.25) is 0 Å². The highest BCUT2D eigenvalue weighted by atomic mass is 16.3. The number of nitrogens with one attached hydrogen (secondary N) is 1. The topological polar surface area (TPSA) is 32.3 Å². The summed E-state index contributed by atoms with van der Waals surface area (Å²) in [5.74, 6) is 0. The summed E-state index contributed by atoms with van der Waals surface area (Å²) in [6.07, 6.45) is 3.09. The number of hydrogen-bond acceptors (Lipinski definition) is 2. The van der Waals surface area contributed by atoms with Gasteiger partial charge in [0.15, 0.2) is 0 Å². The molecule has 2 heteroatoms. The van der Waals surface area contributed by atoms with Gasteiger partial charge in [-0.15, -0.1) is 0 Å². The molecule has 1 unspecified atom stereocenters. The molecule has 0 radical (unpaired) electrons. The Kier molecular flexibility index (Phi) is 6.53. The van der Waals surface area contributed by atoms with E-state index in [2.05, 4.69) is 57.3 Å². The Labute approximate surface area is 118 Å². The van der Waals surface area contributed by atoms with Gasteiger partial charge in [-0.25, -0.2) is 0 Å². The second-order valence-corrected chi connectivity index (χ2v) is 5.62. The van der Waals surface area contributed by atoms with Gasteiger partial charge >= 0.3 is 0 Å². The summed E-state index contributed by atoms with van der Waals surface area (Å²) < 4.78 is 0. The van der Waals surface area contributed by atoms with Crippen molar-refractivity contribution in [3.05, 3.63) is 35.4 Å². The van der Waals surface area contributed by atoms with E-state index in [4.69, 9.17) is 0 Å². The van der Waals surface area contributed by atoms with Crippen molar-refractivity contribution < 1.29 is 5.11 Å². The first-order valence-electron chi connectivity index (χ1n) is 7.51. The highest BCUT2D eigenvalue weighted by Crippen LogP contribution is 2.26. The Balaban J connectivity index is 2.69. The molecule has 0 aliphatic heterocycles. The number of benzene rings is 1. The molecule has 0 fully saturated rings. The molecule has 0 aromatic heterocycles. The van der Waals surface area contributed by atoms with Gasteiger partial charge in [0, 0.05) is 24.6 Å². The van der Waals surface area contributed by atoms with Crippen LogP contribution in [0, 0.1) is 12.3 Å². The molecule has 0 saturated carbocycles. The molecular weight excluding hydrogens is 234 g/mol. The lowest BCUT2D eigenvalue weighted by Gasteiger charge is -2.32. The van der Waals surface area contributed by atoms with Crippen LogP contribution >= 0.6 is 0 Å². The van der Waals surface area contributed by atoms with E-state index < -0.39 is 0 Å². The lowest BCUT2D eigenvalue weighted by atomic mass is 9.83. The Morgan fingerprint density at radius 2 is 1.68 bits per heavy atom. The van der Waals surface area contributed by atoms with Crippen LogP contribution in [0.1, 0.15) is 57.2 Å². The van der Waals surface area contributed by atoms with Crippen LogP contribution in [0.25, 0.3) is 0 Å². The van der Waals surface area contributed by atoms with Gasteiger partial charge in [0.25, 0.3) is 0 Å². The number of aliphatic hydroxyl groups is 1. The summed E-state index contributed by atoms with van der Waals surface area (Å²) in [4.78, 5) is 0. The van der Waals surface area contributed by atoms with E-state index in [0.717, 1.165) is 25.8 Å². The van der Waals surface area contributed by atoms with E-state index in [1.807, 2.05) is 0 Å². The average Bonchev–Trinajstić information content (AvgIpc) is 2.46. The van der Waals surface area contributed by atoms with Crippen molar-refractivity contribution in [2.24, 2.45) is 5.41 Å². The average molecular weight is 263 g/mol. The minimum absolute atomic E-state index is 0.0259. The molecule has 0 heterocycles. The lowest BCUT2D eigenvalue weighted by Crippen LogP contribution is -2.38. The summed E-state index contributed by atoms with van der Waals surface area (Å²) in [5, 5.41) is 13.3. The molecule has 19 heavy (non-hydrogen) atoms. The van der Waals surface area contributed by atoms with Crippen molar-refractivity contribution in [3.8, 4) is 0 Å². The molecule has 0 spiro atoms. The minimum atomic E-state index is 0.0259. The standard InChI is InChI=1S/C17H29NO/c1-5-16(15-10-8-14(4)9-11-15)18-12-17(6-2,7-3)13-19/h8-11,16,18-19H,5-7,12-13H2,1-4H3. The van der Waals surface area contributed by atoms with Crippen LogP contribution in [0.3, 0.4) is 0 Å². The van der Waals surface area contributed by atoms with Gasteiger partial charge in [-0.05, 0) is 31.7 Å². The van der Waals surface area contributed by atoms with Crippen molar-refractivity contribution in [1.29, 1.82) is 0 Å². The van der Waals surface area contributed by atoms with Crippen LogP contribution < -0.4 is 5.32 Å². The fraction of sp³-hybridized carbons (Fsp3) is 0.647. The van der Waals surface area contributed by atoms with Crippen molar-refractivity contribution in [1.82, 2.24) is 5.32 Å². The molecule has 0 bridgehead atoms. The molecule has 2 nitrogen and oxygen atoms in total. The van der Waals surface area contributed by atoms with Crippen LogP contribution in [-0.2, 0) is 0 Å². The third-order valence-corrected chi connectivity index (χ3v) is 4.45. The minimum Gasteiger partial charge on any atom is -0.396 e. The van der Waals surface area contributed by atoms with Crippen LogP contribution in [-0.4, -0.2) is 18.3 Å². The monoisotopic (exact) mass is 263 g/mol. The number of hydrogen-bond donors (Lipinski definition) is 2. The molecule has 1 rings (SSSR count). The molecule has 1 atom stereocenters. The van der Waals surface area contributed by atoms with Crippen molar-refractivity contribution in [2.75, 3.05) is 13.2 Å². The van der Waals surface area contributed by atoms with Crippen LogP contribution in [0.5, 0.6) is 0 Å².